The Labute approximate surface area is 365 Å². The van der Waals surface area contributed by atoms with Crippen molar-refractivity contribution in [1.29, 1.82) is 0 Å². The number of carbonyl (C=O) groups is 3. The van der Waals surface area contributed by atoms with Crippen LogP contribution in [0.4, 0.5) is 49.0 Å². The van der Waals surface area contributed by atoms with Crippen LogP contribution in [0.5, 0.6) is 5.75 Å². The highest BCUT2D eigenvalue weighted by Gasteiger charge is 2.34. The van der Waals surface area contributed by atoms with Crippen molar-refractivity contribution >= 4 is 64.6 Å². The molecule has 0 spiro atoms. The summed E-state index contributed by atoms with van der Waals surface area (Å²) in [4.78, 5) is 46.8. The lowest BCUT2D eigenvalue weighted by molar-refractivity contribution is -0.137. The van der Waals surface area contributed by atoms with Crippen molar-refractivity contribution in [3.05, 3.63) is 82.1 Å². The first-order chi connectivity index (χ1) is 28.3. The van der Waals surface area contributed by atoms with E-state index < -0.39 is 46.8 Å². The molecule has 21 heteroatoms. The number of hydrogen-bond acceptors (Lipinski definition) is 7. The van der Waals surface area contributed by atoms with Gasteiger partial charge in [-0.05, 0) is 117 Å². The van der Waals surface area contributed by atoms with Gasteiger partial charge in [0.2, 0.25) is 17.9 Å². The molecule has 0 heterocycles. The Morgan fingerprint density at radius 2 is 1.11 bits per heavy atom. The minimum Gasteiger partial charge on any atom is -0.494 e. The molecule has 16 nitrogen and oxygen atoms in total. The number of guanidine groups is 3. The monoisotopic (exact) mass is 894 g/mol. The van der Waals surface area contributed by atoms with E-state index in [4.69, 9.17) is 33.5 Å². The summed E-state index contributed by atoms with van der Waals surface area (Å²) in [5.74, 6) is -1.07. The number of nitrogens with zero attached hydrogens (tertiary/aromatic N) is 3. The van der Waals surface area contributed by atoms with E-state index in [-0.39, 0.29) is 29.0 Å². The molecule has 342 valence electrons. The normalized spacial score (nSPS) is 12.4. The number of alkyl halides is 3. The molecule has 0 fully saturated rings. The highest BCUT2D eigenvalue weighted by molar-refractivity contribution is 6.30. The van der Waals surface area contributed by atoms with Crippen molar-refractivity contribution in [2.45, 2.75) is 105 Å². The van der Waals surface area contributed by atoms with Gasteiger partial charge in [-0.3, -0.25) is 16.0 Å². The van der Waals surface area contributed by atoms with Gasteiger partial charge in [0, 0.05) is 27.7 Å². The molecule has 0 saturated carbocycles. The molecule has 0 aromatic heterocycles. The topological polar surface area (TPSA) is 248 Å². The van der Waals surface area contributed by atoms with Gasteiger partial charge in [-0.15, -0.1) is 0 Å². The highest BCUT2D eigenvalue weighted by atomic mass is 35.5. The van der Waals surface area contributed by atoms with Crippen molar-refractivity contribution in [2.24, 2.45) is 32.2 Å². The number of hydrogen-bond donors (Lipinski definition) is 9. The molecular weight excluding hydrogens is 836 g/mol. The second kappa shape index (κ2) is 23.1. The van der Waals surface area contributed by atoms with Gasteiger partial charge in [-0.1, -0.05) is 36.7 Å². The third-order valence-electron chi connectivity index (χ3n) is 7.01. The van der Waals surface area contributed by atoms with Crippen LogP contribution in [0.25, 0.3) is 0 Å². The average molecular weight is 895 g/mol. The van der Waals surface area contributed by atoms with Gasteiger partial charge >= 0.3 is 24.3 Å². The largest absolute Gasteiger partial charge is 0.494 e. The van der Waals surface area contributed by atoms with Crippen molar-refractivity contribution in [3.63, 3.8) is 0 Å². The fourth-order valence-electron chi connectivity index (χ4n) is 4.67. The van der Waals surface area contributed by atoms with Crippen molar-refractivity contribution in [2.75, 3.05) is 7.11 Å². The van der Waals surface area contributed by atoms with Crippen LogP contribution in [-0.4, -0.2) is 59.7 Å². The number of halogens is 5. The summed E-state index contributed by atoms with van der Waals surface area (Å²) in [6.45, 7) is 20.4. The molecule has 0 atom stereocenters. The number of benzene rings is 3. The number of aliphatic imine (C=N–C) groups is 3. The van der Waals surface area contributed by atoms with E-state index in [0.29, 0.717) is 22.5 Å². The fourth-order valence-corrected chi connectivity index (χ4v) is 4.83. The first-order valence-electron chi connectivity index (χ1n) is 18.9. The van der Waals surface area contributed by atoms with Crippen LogP contribution in [0.2, 0.25) is 5.02 Å². The number of ether oxygens (including phenoxy) is 1. The number of para-hydroxylation sites is 1. The van der Waals surface area contributed by atoms with Crippen LogP contribution in [0.15, 0.2) is 69.6 Å². The van der Waals surface area contributed by atoms with Gasteiger partial charge in [-0.2, -0.15) is 13.2 Å². The second-order valence-electron chi connectivity index (χ2n) is 16.4. The number of urea groups is 3. The summed E-state index contributed by atoms with van der Waals surface area (Å²) in [5, 5.41) is 15.6. The minimum absolute atomic E-state index is 0.0348. The summed E-state index contributed by atoms with van der Waals surface area (Å²) in [5.41, 5.74) is 17.2. The van der Waals surface area contributed by atoms with Crippen molar-refractivity contribution in [3.8, 4) is 5.75 Å². The maximum atomic E-state index is 13.0. The third kappa shape index (κ3) is 21.8. The van der Waals surface area contributed by atoms with E-state index in [1.165, 1.54) is 7.11 Å². The summed E-state index contributed by atoms with van der Waals surface area (Å²) in [6.07, 6.45) is -3.93. The molecular formula is C41H59ClF4N12O4. The summed E-state index contributed by atoms with van der Waals surface area (Å²) in [7, 11) is 1.50. The lowest BCUT2D eigenvalue weighted by Gasteiger charge is -2.20. The number of aryl methyl sites for hydroxylation is 2. The van der Waals surface area contributed by atoms with Crippen molar-refractivity contribution < 1.29 is 36.7 Å². The lowest BCUT2D eigenvalue weighted by atomic mass is 10.1. The zero-order valence-corrected chi connectivity index (χ0v) is 37.8. The fraction of sp³-hybridized carbons (Fsp3) is 0.415. The molecule has 0 unspecified atom stereocenters. The maximum absolute atomic E-state index is 13.0. The number of carbonyl (C=O) groups excluding carboxylic acids is 3. The number of nitrogens with one attached hydrogen (secondary N) is 6. The van der Waals surface area contributed by atoms with Crippen LogP contribution in [0.1, 0.15) is 85.9 Å². The first kappa shape index (κ1) is 53.7. The van der Waals surface area contributed by atoms with Crippen LogP contribution >= 0.6 is 11.6 Å². The Kier molecular flexibility index (Phi) is 20.0. The summed E-state index contributed by atoms with van der Waals surface area (Å²) in [6, 6.07) is 11.3. The molecule has 6 amide bonds. The van der Waals surface area contributed by atoms with Gasteiger partial charge in [-0.25, -0.2) is 33.8 Å². The molecule has 0 bridgehead atoms. The van der Waals surface area contributed by atoms with E-state index in [9.17, 15) is 31.9 Å². The molecule has 0 aliphatic carbocycles. The SMILES string of the molecule is CC(C)(C)NC(=O)NC(N)=Nc1ccc(F)cc1C(F)(F)F.CCc1cccc(C)c1N=C(N)NC(=O)NC(C)(C)C.COc1cc(Cl)ccc1N=C(N)NC(=O)NC(C)(C)C. The average Bonchev–Trinajstić information content (AvgIpc) is 3.08. The number of rotatable bonds is 5. The molecule has 62 heavy (non-hydrogen) atoms. The Balaban J connectivity index is 0.000000466. The number of methoxy groups -OCH3 is 1. The van der Waals surface area contributed by atoms with E-state index in [2.05, 4.69) is 53.8 Å². The lowest BCUT2D eigenvalue weighted by Crippen LogP contribution is -2.50. The predicted molar refractivity (Wildman–Crippen MR) is 238 cm³/mol. The van der Waals surface area contributed by atoms with E-state index in [1.54, 1.807) is 39.0 Å². The Bertz CT molecular complexity index is 2110. The molecule has 0 aliphatic heterocycles. The minimum atomic E-state index is -4.80. The van der Waals surface area contributed by atoms with E-state index in [1.807, 2.05) is 66.7 Å². The molecule has 12 N–H and O–H groups in total. The standard InChI is InChI=1S/C15H24N4O.C13H19ClN4O2.C13H16F4N4O/c1-6-11-9-7-8-10(2)12(11)17-13(16)18-14(20)19-15(3,4)5;1-13(2,3)18-12(19)17-11(15)16-9-6-5-8(14)7-10(9)20-4;1-12(2,3)21-11(22)20-10(18)19-9-5-4-7(14)6-8(9)13(15,16)17/h7-9H,6H2,1-5H3,(H4,16,17,18,19,20);5-7H,1-4H3,(H4,15,16,17,18,19);4-6H,1-3H3,(H4,18,19,20,21,22). The van der Waals surface area contributed by atoms with Crippen LogP contribution in [0, 0.1) is 12.7 Å². The molecule has 0 aliphatic rings. The zero-order chi connectivity index (χ0) is 47.8. The van der Waals surface area contributed by atoms with Crippen LogP contribution in [0.3, 0.4) is 0 Å². The van der Waals surface area contributed by atoms with Gasteiger partial charge in [0.15, 0.2) is 0 Å². The molecule has 0 radical (unpaired) electrons. The van der Waals surface area contributed by atoms with E-state index >= 15 is 0 Å². The highest BCUT2D eigenvalue weighted by Crippen LogP contribution is 2.36. The zero-order valence-electron chi connectivity index (χ0n) is 37.0. The third-order valence-corrected chi connectivity index (χ3v) is 7.25. The molecule has 3 rings (SSSR count). The smallest absolute Gasteiger partial charge is 0.418 e. The van der Waals surface area contributed by atoms with Gasteiger partial charge in [0.1, 0.15) is 17.3 Å². The van der Waals surface area contributed by atoms with Gasteiger partial charge in [0.25, 0.3) is 0 Å². The van der Waals surface area contributed by atoms with Crippen LogP contribution < -0.4 is 53.8 Å². The quantitative estimate of drug-likeness (QED) is 0.0696. The summed E-state index contributed by atoms with van der Waals surface area (Å²) >= 11 is 5.85. The second-order valence-corrected chi connectivity index (χ2v) is 16.8. The Morgan fingerprint density at radius 3 is 1.53 bits per heavy atom. The molecule has 0 saturated heterocycles. The first-order valence-corrected chi connectivity index (χ1v) is 19.3. The van der Waals surface area contributed by atoms with Crippen LogP contribution in [-0.2, 0) is 12.6 Å². The van der Waals surface area contributed by atoms with E-state index in [0.717, 1.165) is 35.4 Å². The van der Waals surface area contributed by atoms with Crippen molar-refractivity contribution in [1.82, 2.24) is 31.9 Å². The maximum Gasteiger partial charge on any atom is 0.418 e. The summed E-state index contributed by atoms with van der Waals surface area (Å²) < 4.78 is 56.5. The van der Waals surface area contributed by atoms with Gasteiger partial charge in [0.05, 0.1) is 24.0 Å². The molecule has 3 aromatic rings. The van der Waals surface area contributed by atoms with Gasteiger partial charge < -0.3 is 37.9 Å². The predicted octanol–water partition coefficient (Wildman–Crippen LogP) is 7.88. The number of nitrogens with two attached hydrogens (primary N) is 3. The Morgan fingerprint density at radius 1 is 0.677 bits per heavy atom. The Hall–Kier alpha value is -6.31. The molecule has 3 aromatic carbocycles. The number of amides is 6.